The van der Waals surface area contributed by atoms with E-state index in [0.717, 1.165) is 18.1 Å². The van der Waals surface area contributed by atoms with Gasteiger partial charge in [0, 0.05) is 12.6 Å². The molecular weight excluding hydrogens is 214 g/mol. The first-order valence-corrected chi connectivity index (χ1v) is 6.24. The highest BCUT2D eigenvalue weighted by atomic mass is 16.5. The lowest BCUT2D eigenvalue weighted by Gasteiger charge is -2.32. The summed E-state index contributed by atoms with van der Waals surface area (Å²) in [5, 5.41) is 3.39. The molecule has 0 saturated carbocycles. The second-order valence-electron chi connectivity index (χ2n) is 4.59. The molecule has 1 aliphatic heterocycles. The highest BCUT2D eigenvalue weighted by molar-refractivity contribution is 5.37. The third-order valence-electron chi connectivity index (χ3n) is 3.41. The number of hydrogen-bond acceptors (Lipinski definition) is 4. The molecule has 0 aliphatic carbocycles. The summed E-state index contributed by atoms with van der Waals surface area (Å²) in [7, 11) is 3.86. The zero-order valence-electron chi connectivity index (χ0n) is 10.6. The summed E-state index contributed by atoms with van der Waals surface area (Å²) in [5.41, 5.74) is 0. The van der Waals surface area contributed by atoms with E-state index in [0.29, 0.717) is 6.04 Å². The first-order valence-electron chi connectivity index (χ1n) is 6.24. The van der Waals surface area contributed by atoms with Crippen molar-refractivity contribution in [2.75, 3.05) is 32.6 Å². The molecule has 0 spiro atoms. The van der Waals surface area contributed by atoms with E-state index in [4.69, 9.17) is 4.74 Å². The van der Waals surface area contributed by atoms with Gasteiger partial charge in [0.1, 0.15) is 11.6 Å². The topological polar surface area (TPSA) is 37.4 Å². The van der Waals surface area contributed by atoms with E-state index in [1.807, 2.05) is 12.1 Å². The Hall–Kier alpha value is -1.29. The van der Waals surface area contributed by atoms with Crippen LogP contribution in [0.4, 0.5) is 5.82 Å². The molecule has 1 N–H and O–H groups in total. The number of ether oxygens (including phenoxy) is 1. The maximum absolute atomic E-state index is 5.08. The van der Waals surface area contributed by atoms with Crippen LogP contribution in [0.2, 0.25) is 0 Å². The number of hydrogen-bond donors (Lipinski definition) is 1. The molecule has 0 amide bonds. The number of methoxy groups -OCH3 is 1. The lowest BCUT2D eigenvalue weighted by atomic mass is 10.0. The summed E-state index contributed by atoms with van der Waals surface area (Å²) in [4.78, 5) is 6.73. The summed E-state index contributed by atoms with van der Waals surface area (Å²) in [6.07, 6.45) is 5.69. The maximum atomic E-state index is 5.08. The number of nitrogens with one attached hydrogen (secondary N) is 1. The Bertz CT molecular complexity index is 339. The van der Waals surface area contributed by atoms with E-state index in [-0.39, 0.29) is 0 Å². The number of aromatic nitrogens is 1. The molecular formula is C13H21N3O. The van der Waals surface area contributed by atoms with Crippen LogP contribution in [0, 0.1) is 0 Å². The summed E-state index contributed by atoms with van der Waals surface area (Å²) >= 11 is 0. The van der Waals surface area contributed by atoms with Gasteiger partial charge in [0.15, 0.2) is 0 Å². The molecule has 0 bridgehead atoms. The van der Waals surface area contributed by atoms with Crippen molar-refractivity contribution < 1.29 is 4.74 Å². The highest BCUT2D eigenvalue weighted by Crippen LogP contribution is 2.16. The number of rotatable bonds is 4. The fraction of sp³-hybridized carbons (Fsp3) is 0.615. The van der Waals surface area contributed by atoms with Gasteiger partial charge in [-0.25, -0.2) is 4.98 Å². The molecule has 2 rings (SSSR count). The number of piperidine rings is 1. The lowest BCUT2D eigenvalue weighted by Crippen LogP contribution is -2.40. The van der Waals surface area contributed by atoms with Gasteiger partial charge in [-0.15, -0.1) is 0 Å². The first-order chi connectivity index (χ1) is 8.29. The molecule has 17 heavy (non-hydrogen) atoms. The Balaban J connectivity index is 1.84. The molecule has 2 heterocycles. The summed E-state index contributed by atoms with van der Waals surface area (Å²) in [6, 6.07) is 4.52. The molecule has 1 atom stereocenters. The summed E-state index contributed by atoms with van der Waals surface area (Å²) in [6.45, 7) is 2.18. The van der Waals surface area contributed by atoms with Gasteiger partial charge in [0.2, 0.25) is 0 Å². The molecule has 1 fully saturated rings. The monoisotopic (exact) mass is 235 g/mol. The van der Waals surface area contributed by atoms with Crippen LogP contribution in [0.15, 0.2) is 18.3 Å². The Labute approximate surface area is 103 Å². The fourth-order valence-electron chi connectivity index (χ4n) is 2.23. The van der Waals surface area contributed by atoms with Gasteiger partial charge in [-0.2, -0.15) is 0 Å². The van der Waals surface area contributed by atoms with Crippen molar-refractivity contribution >= 4 is 5.82 Å². The standard InChI is InChI=1S/C13H21N3O/c1-16-8-4-3-5-11(16)9-14-13-7-6-12(17-2)10-15-13/h6-7,10-11H,3-5,8-9H2,1-2H3,(H,14,15). The van der Waals surface area contributed by atoms with E-state index in [1.54, 1.807) is 13.3 Å². The van der Waals surface area contributed by atoms with E-state index in [1.165, 1.54) is 25.8 Å². The maximum Gasteiger partial charge on any atom is 0.137 e. The van der Waals surface area contributed by atoms with E-state index >= 15 is 0 Å². The van der Waals surface area contributed by atoms with Crippen LogP contribution in [0.3, 0.4) is 0 Å². The van der Waals surface area contributed by atoms with Gasteiger partial charge in [-0.05, 0) is 38.6 Å². The quantitative estimate of drug-likeness (QED) is 0.866. The van der Waals surface area contributed by atoms with Gasteiger partial charge >= 0.3 is 0 Å². The largest absolute Gasteiger partial charge is 0.495 e. The van der Waals surface area contributed by atoms with Crippen LogP contribution in [0.1, 0.15) is 19.3 Å². The van der Waals surface area contributed by atoms with Crippen molar-refractivity contribution in [3.8, 4) is 5.75 Å². The van der Waals surface area contributed by atoms with Crippen molar-refractivity contribution in [1.29, 1.82) is 0 Å². The van der Waals surface area contributed by atoms with E-state index in [2.05, 4.69) is 22.2 Å². The zero-order valence-corrected chi connectivity index (χ0v) is 10.6. The first kappa shape index (κ1) is 12.2. The minimum atomic E-state index is 0.632. The zero-order chi connectivity index (χ0) is 12.1. The van der Waals surface area contributed by atoms with E-state index in [9.17, 15) is 0 Å². The molecule has 94 valence electrons. The van der Waals surface area contributed by atoms with Gasteiger partial charge in [0.25, 0.3) is 0 Å². The summed E-state index contributed by atoms with van der Waals surface area (Å²) < 4.78 is 5.08. The van der Waals surface area contributed by atoms with Crippen LogP contribution in [0.25, 0.3) is 0 Å². The number of nitrogens with zero attached hydrogens (tertiary/aromatic N) is 2. The second kappa shape index (κ2) is 5.87. The van der Waals surface area contributed by atoms with Gasteiger partial charge in [-0.3, -0.25) is 0 Å². The predicted octanol–water partition coefficient (Wildman–Crippen LogP) is 1.99. The number of likely N-dealkylation sites (N-methyl/N-ethyl adjacent to an activating group) is 1. The molecule has 0 aromatic carbocycles. The fourth-order valence-corrected chi connectivity index (χ4v) is 2.23. The minimum Gasteiger partial charge on any atom is -0.495 e. The number of pyridine rings is 1. The molecule has 1 saturated heterocycles. The van der Waals surface area contributed by atoms with Crippen molar-refractivity contribution in [2.45, 2.75) is 25.3 Å². The number of anilines is 1. The molecule has 1 aromatic rings. The van der Waals surface area contributed by atoms with Crippen molar-refractivity contribution in [1.82, 2.24) is 9.88 Å². The van der Waals surface area contributed by atoms with Crippen LogP contribution in [-0.4, -0.2) is 43.2 Å². The smallest absolute Gasteiger partial charge is 0.137 e. The van der Waals surface area contributed by atoms with Crippen LogP contribution in [0.5, 0.6) is 5.75 Å². The van der Waals surface area contributed by atoms with Gasteiger partial charge in [-0.1, -0.05) is 6.42 Å². The molecule has 1 aliphatic rings. The van der Waals surface area contributed by atoms with Crippen LogP contribution in [-0.2, 0) is 0 Å². The third kappa shape index (κ3) is 3.33. The van der Waals surface area contributed by atoms with E-state index < -0.39 is 0 Å². The van der Waals surface area contributed by atoms with Crippen LogP contribution < -0.4 is 10.1 Å². The average molecular weight is 235 g/mol. The Kier molecular flexibility index (Phi) is 4.20. The summed E-state index contributed by atoms with van der Waals surface area (Å²) in [5.74, 6) is 1.72. The van der Waals surface area contributed by atoms with Gasteiger partial charge in [0.05, 0.1) is 13.3 Å². The van der Waals surface area contributed by atoms with Crippen molar-refractivity contribution in [2.24, 2.45) is 0 Å². The average Bonchev–Trinajstić information content (AvgIpc) is 2.38. The Morgan fingerprint density at radius 2 is 2.35 bits per heavy atom. The second-order valence-corrected chi connectivity index (χ2v) is 4.59. The minimum absolute atomic E-state index is 0.632. The normalized spacial score (nSPS) is 21.2. The molecule has 0 radical (unpaired) electrons. The highest BCUT2D eigenvalue weighted by Gasteiger charge is 2.18. The Morgan fingerprint density at radius 3 is 3.00 bits per heavy atom. The molecule has 1 unspecified atom stereocenters. The number of likely N-dealkylation sites (tertiary alicyclic amines) is 1. The SMILES string of the molecule is COc1ccc(NCC2CCCCN2C)nc1. The molecule has 4 heteroatoms. The molecule has 1 aromatic heterocycles. The Morgan fingerprint density at radius 1 is 1.47 bits per heavy atom. The van der Waals surface area contributed by atoms with Crippen molar-refractivity contribution in [3.05, 3.63) is 18.3 Å². The third-order valence-corrected chi connectivity index (χ3v) is 3.41. The van der Waals surface area contributed by atoms with Crippen molar-refractivity contribution in [3.63, 3.8) is 0 Å². The molecule has 4 nitrogen and oxygen atoms in total. The predicted molar refractivity (Wildman–Crippen MR) is 69.5 cm³/mol. The lowest BCUT2D eigenvalue weighted by molar-refractivity contribution is 0.194. The van der Waals surface area contributed by atoms with Crippen LogP contribution >= 0.6 is 0 Å². The van der Waals surface area contributed by atoms with Gasteiger partial charge < -0.3 is 15.0 Å².